The summed E-state index contributed by atoms with van der Waals surface area (Å²) in [4.78, 5) is 27.3. The third kappa shape index (κ3) is 3.95. The van der Waals surface area contributed by atoms with Crippen molar-refractivity contribution < 1.29 is 9.53 Å². The molecule has 1 unspecified atom stereocenters. The number of halogens is 1. The van der Waals surface area contributed by atoms with Crippen LogP contribution in [-0.4, -0.2) is 17.0 Å². The number of aromatic amines is 1. The highest BCUT2D eigenvalue weighted by Gasteiger charge is 2.23. The number of H-pyrrole nitrogens is 1. The van der Waals surface area contributed by atoms with Crippen molar-refractivity contribution in [1.29, 1.82) is 0 Å². The molecule has 0 aliphatic carbocycles. The molecule has 1 aromatic heterocycles. The smallest absolute Gasteiger partial charge is 0.258 e. The van der Waals surface area contributed by atoms with Crippen LogP contribution in [0.15, 0.2) is 59.5 Å². The second-order valence-electron chi connectivity index (χ2n) is 6.19. The van der Waals surface area contributed by atoms with Gasteiger partial charge in [-0.15, -0.1) is 0 Å². The summed E-state index contributed by atoms with van der Waals surface area (Å²) in [5.41, 5.74) is 0.961. The molecule has 1 amide bonds. The number of rotatable bonds is 5. The fraction of sp³-hybridized carbons (Fsp3) is 0.200. The van der Waals surface area contributed by atoms with Gasteiger partial charge in [0.1, 0.15) is 0 Å². The van der Waals surface area contributed by atoms with Crippen LogP contribution in [0.1, 0.15) is 25.5 Å². The molecule has 134 valence electrons. The maximum absolute atomic E-state index is 12.8. The molecule has 2 aromatic carbocycles. The molecule has 3 aromatic rings. The molecule has 3 rings (SSSR count). The first-order chi connectivity index (χ1) is 12.5. The molecule has 0 aliphatic heterocycles. The lowest BCUT2D eigenvalue weighted by atomic mass is 10.1. The Morgan fingerprint density at radius 3 is 2.58 bits per heavy atom. The van der Waals surface area contributed by atoms with Crippen LogP contribution in [0.4, 0.5) is 5.69 Å². The van der Waals surface area contributed by atoms with E-state index >= 15 is 0 Å². The summed E-state index contributed by atoms with van der Waals surface area (Å²) in [6, 6.07) is 14.3. The molecule has 26 heavy (non-hydrogen) atoms. The Morgan fingerprint density at radius 1 is 1.15 bits per heavy atom. The van der Waals surface area contributed by atoms with Crippen molar-refractivity contribution in [3.63, 3.8) is 0 Å². The Morgan fingerprint density at radius 2 is 1.88 bits per heavy atom. The summed E-state index contributed by atoms with van der Waals surface area (Å²) >= 11 is 6.27. The van der Waals surface area contributed by atoms with Crippen molar-refractivity contribution in [2.45, 2.75) is 26.1 Å². The van der Waals surface area contributed by atoms with Crippen molar-refractivity contribution in [1.82, 2.24) is 4.98 Å². The maximum Gasteiger partial charge on any atom is 0.258 e. The van der Waals surface area contributed by atoms with E-state index in [0.29, 0.717) is 21.5 Å². The van der Waals surface area contributed by atoms with Crippen LogP contribution in [0.5, 0.6) is 0 Å². The standard InChI is InChI=1S/C20H19ClN2O3/c1-12(2)26-18(13-6-4-3-5-7-13)20(25)23-17-10-14-8-9-22-19(24)15(14)11-16(17)21/h3-12,18H,1-2H3,(H,22,24)(H,23,25). The van der Waals surface area contributed by atoms with E-state index in [1.54, 1.807) is 24.4 Å². The van der Waals surface area contributed by atoms with Crippen LogP contribution in [0, 0.1) is 0 Å². The molecule has 0 spiro atoms. The zero-order valence-corrected chi connectivity index (χ0v) is 15.2. The van der Waals surface area contributed by atoms with Gasteiger partial charge in [0.15, 0.2) is 6.10 Å². The van der Waals surface area contributed by atoms with E-state index in [1.807, 2.05) is 44.2 Å². The lowest BCUT2D eigenvalue weighted by Gasteiger charge is -2.21. The number of fused-ring (bicyclic) bond motifs is 1. The Balaban J connectivity index is 1.93. The third-order valence-corrected chi connectivity index (χ3v) is 4.18. The van der Waals surface area contributed by atoms with E-state index in [1.165, 1.54) is 0 Å². The number of anilines is 1. The summed E-state index contributed by atoms with van der Waals surface area (Å²) in [7, 11) is 0. The Labute approximate surface area is 156 Å². The van der Waals surface area contributed by atoms with Gasteiger partial charge in [0.25, 0.3) is 11.5 Å². The van der Waals surface area contributed by atoms with Gasteiger partial charge >= 0.3 is 0 Å². The Kier molecular flexibility index (Phi) is 5.40. The Hall–Kier alpha value is -2.63. The van der Waals surface area contributed by atoms with Gasteiger partial charge in [-0.2, -0.15) is 0 Å². The van der Waals surface area contributed by atoms with E-state index < -0.39 is 6.10 Å². The van der Waals surface area contributed by atoms with Gasteiger partial charge in [-0.25, -0.2) is 0 Å². The highest BCUT2D eigenvalue weighted by atomic mass is 35.5. The molecular formula is C20H19ClN2O3. The molecule has 2 N–H and O–H groups in total. The predicted molar refractivity (Wildman–Crippen MR) is 104 cm³/mol. The average molecular weight is 371 g/mol. The lowest BCUT2D eigenvalue weighted by molar-refractivity contribution is -0.130. The number of pyridine rings is 1. The van der Waals surface area contributed by atoms with Crippen LogP contribution in [-0.2, 0) is 9.53 Å². The van der Waals surface area contributed by atoms with E-state index in [-0.39, 0.29) is 17.6 Å². The van der Waals surface area contributed by atoms with Gasteiger partial charge in [0, 0.05) is 11.6 Å². The SMILES string of the molecule is CC(C)OC(C(=O)Nc1cc2cc[nH]c(=O)c2cc1Cl)c1ccccc1. The van der Waals surface area contributed by atoms with Gasteiger partial charge in [-0.3, -0.25) is 9.59 Å². The summed E-state index contributed by atoms with van der Waals surface area (Å²) in [5.74, 6) is -0.323. The van der Waals surface area contributed by atoms with Crippen molar-refractivity contribution in [2.24, 2.45) is 0 Å². The van der Waals surface area contributed by atoms with E-state index in [4.69, 9.17) is 16.3 Å². The molecule has 6 heteroatoms. The van der Waals surface area contributed by atoms with Crippen LogP contribution < -0.4 is 10.9 Å². The van der Waals surface area contributed by atoms with Gasteiger partial charge in [0.05, 0.1) is 16.8 Å². The fourth-order valence-electron chi connectivity index (χ4n) is 2.70. The van der Waals surface area contributed by atoms with Crippen molar-refractivity contribution in [3.8, 4) is 0 Å². The summed E-state index contributed by atoms with van der Waals surface area (Å²) < 4.78 is 5.81. The average Bonchev–Trinajstić information content (AvgIpc) is 2.62. The zero-order valence-electron chi connectivity index (χ0n) is 14.5. The predicted octanol–water partition coefficient (Wildman–Crippen LogP) is 4.29. The number of ether oxygens (including phenoxy) is 1. The van der Waals surface area contributed by atoms with Crippen molar-refractivity contribution in [2.75, 3.05) is 5.32 Å². The molecule has 5 nitrogen and oxygen atoms in total. The molecular weight excluding hydrogens is 352 g/mol. The largest absolute Gasteiger partial charge is 0.361 e. The van der Waals surface area contributed by atoms with Gasteiger partial charge < -0.3 is 15.0 Å². The number of aromatic nitrogens is 1. The fourth-order valence-corrected chi connectivity index (χ4v) is 2.91. The molecule has 0 saturated heterocycles. The number of hydrogen-bond donors (Lipinski definition) is 2. The van der Waals surface area contributed by atoms with Gasteiger partial charge in [0.2, 0.25) is 0 Å². The Bertz CT molecular complexity index is 983. The first-order valence-corrected chi connectivity index (χ1v) is 8.65. The third-order valence-electron chi connectivity index (χ3n) is 3.87. The minimum absolute atomic E-state index is 0.128. The molecule has 1 heterocycles. The zero-order chi connectivity index (χ0) is 18.7. The van der Waals surface area contributed by atoms with Crippen LogP contribution in [0.25, 0.3) is 10.8 Å². The first kappa shape index (κ1) is 18.2. The summed E-state index contributed by atoms with van der Waals surface area (Å²) in [6.07, 6.45) is 0.664. The summed E-state index contributed by atoms with van der Waals surface area (Å²) in [5, 5.41) is 4.26. The number of amides is 1. The quantitative estimate of drug-likeness (QED) is 0.703. The van der Waals surface area contributed by atoms with Crippen LogP contribution >= 0.6 is 11.6 Å². The molecule has 0 radical (unpaired) electrons. The minimum atomic E-state index is -0.762. The molecule has 1 atom stereocenters. The summed E-state index contributed by atoms with van der Waals surface area (Å²) in [6.45, 7) is 3.75. The van der Waals surface area contributed by atoms with Gasteiger partial charge in [-0.05, 0) is 43.0 Å². The molecule has 0 bridgehead atoms. The minimum Gasteiger partial charge on any atom is -0.361 e. The highest BCUT2D eigenvalue weighted by molar-refractivity contribution is 6.34. The van der Waals surface area contributed by atoms with E-state index in [9.17, 15) is 9.59 Å². The topological polar surface area (TPSA) is 71.2 Å². The molecule has 0 aliphatic rings. The van der Waals surface area contributed by atoms with Crippen molar-refractivity contribution >= 4 is 34.0 Å². The van der Waals surface area contributed by atoms with Crippen molar-refractivity contribution in [3.05, 3.63) is 75.7 Å². The first-order valence-electron chi connectivity index (χ1n) is 8.28. The normalized spacial score (nSPS) is 12.3. The number of carbonyl (C=O) groups is 1. The van der Waals surface area contributed by atoms with Crippen LogP contribution in [0.3, 0.4) is 0 Å². The number of nitrogens with one attached hydrogen (secondary N) is 2. The molecule has 0 fully saturated rings. The van der Waals surface area contributed by atoms with Gasteiger partial charge in [-0.1, -0.05) is 41.9 Å². The second kappa shape index (κ2) is 7.72. The van der Waals surface area contributed by atoms with E-state index in [2.05, 4.69) is 10.3 Å². The molecule has 0 saturated carbocycles. The lowest BCUT2D eigenvalue weighted by Crippen LogP contribution is -2.26. The second-order valence-corrected chi connectivity index (χ2v) is 6.60. The number of hydrogen-bond acceptors (Lipinski definition) is 3. The number of benzene rings is 2. The number of carbonyl (C=O) groups excluding carboxylic acids is 1. The maximum atomic E-state index is 12.8. The van der Waals surface area contributed by atoms with Crippen LogP contribution in [0.2, 0.25) is 5.02 Å². The highest BCUT2D eigenvalue weighted by Crippen LogP contribution is 2.28. The monoisotopic (exact) mass is 370 g/mol. The van der Waals surface area contributed by atoms with E-state index in [0.717, 1.165) is 5.56 Å².